The van der Waals surface area contributed by atoms with Crippen molar-refractivity contribution in [2.45, 2.75) is 17.3 Å². The Kier molecular flexibility index (Phi) is 5.86. The number of rotatable bonds is 5. The van der Waals surface area contributed by atoms with Gasteiger partial charge in [-0.3, -0.25) is 4.90 Å². The van der Waals surface area contributed by atoms with E-state index in [1.165, 1.54) is 17.8 Å². The van der Waals surface area contributed by atoms with Gasteiger partial charge in [-0.15, -0.1) is 11.8 Å². The second-order valence-electron chi connectivity index (χ2n) is 4.90. The predicted molar refractivity (Wildman–Crippen MR) is 75.3 cm³/mol. The minimum Gasteiger partial charge on any atom is -0.391 e. The zero-order valence-corrected chi connectivity index (χ0v) is 12.3. The maximum absolute atomic E-state index is 12.4. The molecule has 1 aromatic heterocycles. The molecular formula is C13H18F3N3OS. The molecule has 21 heavy (non-hydrogen) atoms. The van der Waals surface area contributed by atoms with Gasteiger partial charge in [0.25, 0.3) is 0 Å². The summed E-state index contributed by atoms with van der Waals surface area (Å²) in [6.45, 7) is 4.22. The molecule has 0 spiro atoms. The molecule has 0 aromatic carbocycles. The van der Waals surface area contributed by atoms with Gasteiger partial charge < -0.3 is 10.4 Å². The van der Waals surface area contributed by atoms with Gasteiger partial charge in [-0.1, -0.05) is 0 Å². The molecule has 0 radical (unpaired) electrons. The highest BCUT2D eigenvalue weighted by Crippen LogP contribution is 2.29. The summed E-state index contributed by atoms with van der Waals surface area (Å²) in [5, 5.41) is 13.7. The fourth-order valence-corrected chi connectivity index (χ4v) is 2.82. The highest BCUT2D eigenvalue weighted by molar-refractivity contribution is 7.99. The number of thioether (sulfide) groups is 1. The van der Waals surface area contributed by atoms with Crippen LogP contribution in [0.25, 0.3) is 0 Å². The molecule has 2 rings (SSSR count). The Labute approximate surface area is 125 Å². The number of aliphatic hydroxyl groups excluding tert-OH is 1. The van der Waals surface area contributed by atoms with Gasteiger partial charge in [0.2, 0.25) is 0 Å². The maximum Gasteiger partial charge on any atom is 0.417 e. The minimum absolute atomic E-state index is 0.419. The summed E-state index contributed by atoms with van der Waals surface area (Å²) in [7, 11) is 0. The van der Waals surface area contributed by atoms with Gasteiger partial charge in [-0.2, -0.15) is 13.2 Å². The number of halogens is 3. The average molecular weight is 321 g/mol. The first-order valence-electron chi connectivity index (χ1n) is 6.72. The Balaban J connectivity index is 1.76. The van der Waals surface area contributed by atoms with Gasteiger partial charge in [0, 0.05) is 44.7 Å². The predicted octanol–water partition coefficient (Wildman–Crippen LogP) is 1.46. The third-order valence-electron chi connectivity index (χ3n) is 3.17. The standard InChI is InChI=1S/C13H18F3N3OS/c14-13(15,16)10-1-2-12(18-7-10)21-9-11(20)8-19-5-3-17-4-6-19/h1-2,7,11,17,20H,3-6,8-9H2. The van der Waals surface area contributed by atoms with Crippen molar-refractivity contribution < 1.29 is 18.3 Å². The number of aromatic nitrogens is 1. The van der Waals surface area contributed by atoms with Crippen molar-refractivity contribution in [3.05, 3.63) is 23.9 Å². The van der Waals surface area contributed by atoms with Crippen LogP contribution in [0.1, 0.15) is 5.56 Å². The molecule has 0 bridgehead atoms. The molecule has 4 nitrogen and oxygen atoms in total. The van der Waals surface area contributed by atoms with Crippen LogP contribution in [0, 0.1) is 0 Å². The molecule has 0 amide bonds. The van der Waals surface area contributed by atoms with E-state index in [0.29, 0.717) is 17.3 Å². The first-order valence-corrected chi connectivity index (χ1v) is 7.71. The van der Waals surface area contributed by atoms with Crippen LogP contribution in [0.2, 0.25) is 0 Å². The summed E-state index contributed by atoms with van der Waals surface area (Å²) in [6.07, 6.45) is -4.06. The largest absolute Gasteiger partial charge is 0.417 e. The van der Waals surface area contributed by atoms with E-state index in [-0.39, 0.29) is 0 Å². The molecule has 0 aliphatic carbocycles. The van der Waals surface area contributed by atoms with Crippen molar-refractivity contribution in [1.82, 2.24) is 15.2 Å². The van der Waals surface area contributed by atoms with Crippen LogP contribution >= 0.6 is 11.8 Å². The number of piperazine rings is 1. The van der Waals surface area contributed by atoms with Crippen LogP contribution in [-0.2, 0) is 6.18 Å². The first-order chi connectivity index (χ1) is 9.95. The van der Waals surface area contributed by atoms with Crippen LogP contribution in [0.15, 0.2) is 23.4 Å². The second-order valence-corrected chi connectivity index (χ2v) is 5.94. The highest BCUT2D eigenvalue weighted by atomic mass is 32.2. The van der Waals surface area contributed by atoms with E-state index in [4.69, 9.17) is 0 Å². The van der Waals surface area contributed by atoms with Gasteiger partial charge >= 0.3 is 6.18 Å². The molecule has 2 heterocycles. The number of pyridine rings is 1. The summed E-state index contributed by atoms with van der Waals surface area (Å²) in [5.41, 5.74) is -0.756. The smallest absolute Gasteiger partial charge is 0.391 e. The number of nitrogens with zero attached hydrogens (tertiary/aromatic N) is 2. The molecule has 1 aliphatic rings. The van der Waals surface area contributed by atoms with Gasteiger partial charge in [0.15, 0.2) is 0 Å². The molecule has 1 aliphatic heterocycles. The summed E-state index contributed by atoms with van der Waals surface area (Å²) in [5.74, 6) is 0.419. The van der Waals surface area contributed by atoms with E-state index < -0.39 is 17.8 Å². The van der Waals surface area contributed by atoms with E-state index in [1.54, 1.807) is 0 Å². The number of nitrogens with one attached hydrogen (secondary N) is 1. The second kappa shape index (κ2) is 7.44. The van der Waals surface area contributed by atoms with Crippen molar-refractivity contribution in [3.8, 4) is 0 Å². The summed E-state index contributed by atoms with van der Waals surface area (Å²) >= 11 is 1.27. The lowest BCUT2D eigenvalue weighted by Gasteiger charge is -2.28. The van der Waals surface area contributed by atoms with Gasteiger partial charge in [0.1, 0.15) is 0 Å². The highest BCUT2D eigenvalue weighted by Gasteiger charge is 2.30. The lowest BCUT2D eigenvalue weighted by molar-refractivity contribution is -0.137. The molecule has 1 atom stereocenters. The molecule has 1 saturated heterocycles. The number of hydrogen-bond acceptors (Lipinski definition) is 5. The molecule has 2 N–H and O–H groups in total. The van der Waals surface area contributed by atoms with Crippen LogP contribution in [0.4, 0.5) is 13.2 Å². The molecule has 0 saturated carbocycles. The normalized spacial score (nSPS) is 18.7. The third kappa shape index (κ3) is 5.46. The Morgan fingerprint density at radius 2 is 2.05 bits per heavy atom. The molecule has 8 heteroatoms. The molecule has 1 fully saturated rings. The Morgan fingerprint density at radius 3 is 2.62 bits per heavy atom. The third-order valence-corrected chi connectivity index (χ3v) is 4.25. The Bertz CT molecular complexity index is 435. The van der Waals surface area contributed by atoms with Crippen LogP contribution in [0.3, 0.4) is 0 Å². The number of aliphatic hydroxyl groups is 1. The van der Waals surface area contributed by atoms with E-state index in [1.807, 2.05) is 0 Å². The monoisotopic (exact) mass is 321 g/mol. The zero-order chi connectivity index (χ0) is 15.3. The number of alkyl halides is 3. The fraction of sp³-hybridized carbons (Fsp3) is 0.615. The van der Waals surface area contributed by atoms with Gasteiger partial charge in [0.05, 0.1) is 16.7 Å². The summed E-state index contributed by atoms with van der Waals surface area (Å²) < 4.78 is 37.2. The Hall–Kier alpha value is -0.830. The summed E-state index contributed by atoms with van der Waals surface area (Å²) in [4.78, 5) is 5.94. The van der Waals surface area contributed by atoms with Crippen molar-refractivity contribution in [2.24, 2.45) is 0 Å². The van der Waals surface area contributed by atoms with Crippen LogP contribution in [-0.4, -0.2) is 59.6 Å². The van der Waals surface area contributed by atoms with E-state index >= 15 is 0 Å². The minimum atomic E-state index is -4.36. The van der Waals surface area contributed by atoms with Crippen LogP contribution in [0.5, 0.6) is 0 Å². The SMILES string of the molecule is OC(CSc1ccc(C(F)(F)F)cn1)CN1CCNCC1. The number of β-amino-alcohol motifs (C(OH)–C–C–N with tert-alkyl or cyclic N) is 1. The van der Waals surface area contributed by atoms with E-state index in [9.17, 15) is 18.3 Å². The lowest BCUT2D eigenvalue weighted by atomic mass is 10.3. The van der Waals surface area contributed by atoms with Crippen LogP contribution < -0.4 is 5.32 Å². The number of hydrogen-bond donors (Lipinski definition) is 2. The van der Waals surface area contributed by atoms with Gasteiger partial charge in [-0.25, -0.2) is 4.98 Å². The Morgan fingerprint density at radius 1 is 1.33 bits per heavy atom. The molecule has 1 aromatic rings. The van der Waals surface area contributed by atoms with Crippen molar-refractivity contribution in [1.29, 1.82) is 0 Å². The van der Waals surface area contributed by atoms with Gasteiger partial charge in [-0.05, 0) is 12.1 Å². The van der Waals surface area contributed by atoms with Crippen molar-refractivity contribution >= 4 is 11.8 Å². The first kappa shape index (κ1) is 16.5. The maximum atomic E-state index is 12.4. The topological polar surface area (TPSA) is 48.4 Å². The molecule has 118 valence electrons. The average Bonchev–Trinajstić information content (AvgIpc) is 2.46. The quantitative estimate of drug-likeness (QED) is 0.804. The van der Waals surface area contributed by atoms with E-state index in [0.717, 1.165) is 38.4 Å². The van der Waals surface area contributed by atoms with Crippen molar-refractivity contribution in [2.75, 3.05) is 38.5 Å². The fourth-order valence-electron chi connectivity index (χ4n) is 2.06. The summed E-state index contributed by atoms with van der Waals surface area (Å²) in [6, 6.07) is 2.35. The lowest BCUT2D eigenvalue weighted by Crippen LogP contribution is -2.46. The molecular weight excluding hydrogens is 303 g/mol. The zero-order valence-electron chi connectivity index (χ0n) is 11.4. The van der Waals surface area contributed by atoms with Crippen molar-refractivity contribution in [3.63, 3.8) is 0 Å². The molecule has 1 unspecified atom stereocenters. The van der Waals surface area contributed by atoms with E-state index in [2.05, 4.69) is 15.2 Å².